The zero-order chi connectivity index (χ0) is 20.7. The molecule has 0 N–H and O–H groups in total. The number of halogens is 3. The normalized spacial score (nSPS) is 17.6. The van der Waals surface area contributed by atoms with E-state index in [0.29, 0.717) is 17.2 Å². The number of aromatic nitrogens is 7. The van der Waals surface area contributed by atoms with Crippen LogP contribution in [0.2, 0.25) is 0 Å². The lowest BCUT2D eigenvalue weighted by atomic mass is 10.1. The van der Waals surface area contributed by atoms with Gasteiger partial charge in [-0.25, -0.2) is 19.9 Å². The average molecular weight is 414 g/mol. The first kappa shape index (κ1) is 18.5. The molecule has 4 aromatic heterocycles. The number of anilines is 1. The predicted octanol–water partition coefficient (Wildman–Crippen LogP) is 3.24. The van der Waals surface area contributed by atoms with Crippen molar-refractivity contribution < 1.29 is 13.2 Å². The van der Waals surface area contributed by atoms with Crippen LogP contribution in [0, 0.1) is 0 Å². The van der Waals surface area contributed by atoms with E-state index in [1.54, 1.807) is 18.5 Å². The molecule has 1 fully saturated rings. The van der Waals surface area contributed by atoms with Crippen molar-refractivity contribution in [1.82, 2.24) is 34.1 Å². The van der Waals surface area contributed by atoms with Crippen LogP contribution in [0.15, 0.2) is 49.3 Å². The van der Waals surface area contributed by atoms with Gasteiger partial charge < -0.3 is 4.90 Å². The average Bonchev–Trinajstić information content (AvgIpc) is 3.43. The maximum atomic E-state index is 13.1. The molecule has 0 bridgehead atoms. The van der Waals surface area contributed by atoms with E-state index in [4.69, 9.17) is 0 Å². The van der Waals surface area contributed by atoms with E-state index < -0.39 is 11.9 Å². The first-order chi connectivity index (χ1) is 14.5. The molecule has 1 aliphatic heterocycles. The van der Waals surface area contributed by atoms with Crippen molar-refractivity contribution in [3.8, 4) is 11.5 Å². The van der Waals surface area contributed by atoms with Gasteiger partial charge in [0.05, 0.1) is 18.4 Å². The van der Waals surface area contributed by atoms with Gasteiger partial charge in [-0.1, -0.05) is 0 Å². The lowest BCUT2D eigenvalue weighted by molar-refractivity contribution is -0.141. The summed E-state index contributed by atoms with van der Waals surface area (Å²) in [6.45, 7) is 1.58. The molecule has 0 radical (unpaired) electrons. The minimum Gasteiger partial charge on any atom is -0.354 e. The molecule has 1 atom stereocenters. The summed E-state index contributed by atoms with van der Waals surface area (Å²) in [7, 11) is 0. The van der Waals surface area contributed by atoms with E-state index in [1.807, 2.05) is 16.9 Å². The predicted molar refractivity (Wildman–Crippen MR) is 102 cm³/mol. The molecular weight excluding hydrogens is 397 g/mol. The highest BCUT2D eigenvalue weighted by atomic mass is 19.4. The molecule has 0 amide bonds. The zero-order valence-corrected chi connectivity index (χ0v) is 15.7. The fourth-order valence-corrected chi connectivity index (χ4v) is 3.73. The molecule has 5 heterocycles. The second-order valence-corrected chi connectivity index (χ2v) is 7.11. The van der Waals surface area contributed by atoms with Gasteiger partial charge in [0.25, 0.3) is 0 Å². The van der Waals surface area contributed by atoms with Crippen molar-refractivity contribution in [3.63, 3.8) is 0 Å². The molecule has 0 aromatic carbocycles. The van der Waals surface area contributed by atoms with Crippen molar-refractivity contribution in [2.45, 2.75) is 25.1 Å². The number of nitrogens with zero attached hydrogens (tertiary/aromatic N) is 8. The Labute approximate surface area is 169 Å². The van der Waals surface area contributed by atoms with E-state index in [9.17, 15) is 13.2 Å². The lowest BCUT2D eigenvalue weighted by Crippen LogP contribution is -2.37. The van der Waals surface area contributed by atoms with Crippen molar-refractivity contribution >= 4 is 11.5 Å². The first-order valence-electron chi connectivity index (χ1n) is 9.47. The summed E-state index contributed by atoms with van der Waals surface area (Å²) < 4.78 is 42.5. The summed E-state index contributed by atoms with van der Waals surface area (Å²) in [5, 5.41) is 4.34. The second kappa shape index (κ2) is 7.08. The fraction of sp³-hybridized carbons (Fsp3) is 0.316. The third kappa shape index (κ3) is 3.36. The Morgan fingerprint density at radius 3 is 2.77 bits per heavy atom. The highest BCUT2D eigenvalue weighted by Gasteiger charge is 2.33. The van der Waals surface area contributed by atoms with E-state index in [2.05, 4.69) is 29.9 Å². The molecule has 4 aromatic rings. The third-order valence-corrected chi connectivity index (χ3v) is 5.18. The summed E-state index contributed by atoms with van der Waals surface area (Å²) in [5.74, 6) is 1.03. The van der Waals surface area contributed by atoms with Gasteiger partial charge >= 0.3 is 6.18 Å². The smallest absolute Gasteiger partial charge is 0.354 e. The Morgan fingerprint density at radius 2 is 1.97 bits per heavy atom. The summed E-state index contributed by atoms with van der Waals surface area (Å²) >= 11 is 0. The van der Waals surface area contributed by atoms with Gasteiger partial charge in [0, 0.05) is 37.9 Å². The molecule has 0 aliphatic carbocycles. The number of imidazole rings is 1. The minimum absolute atomic E-state index is 0.239. The molecule has 5 rings (SSSR count). The molecule has 8 nitrogen and oxygen atoms in total. The third-order valence-electron chi connectivity index (χ3n) is 5.18. The number of rotatable bonds is 3. The van der Waals surface area contributed by atoms with Crippen molar-refractivity contribution in [2.75, 3.05) is 18.0 Å². The Morgan fingerprint density at radius 1 is 1.07 bits per heavy atom. The number of alkyl halides is 3. The molecule has 11 heteroatoms. The van der Waals surface area contributed by atoms with Crippen LogP contribution in [0.25, 0.3) is 17.2 Å². The monoisotopic (exact) mass is 414 g/mol. The number of piperidine rings is 1. The van der Waals surface area contributed by atoms with E-state index in [0.717, 1.165) is 44.1 Å². The molecule has 154 valence electrons. The summed E-state index contributed by atoms with van der Waals surface area (Å²) in [4.78, 5) is 18.6. The standard InChI is InChI=1S/C19H17F3N8/c20-19(21,22)15-12-29-14(9-25-17(29)10-24-15)18-23-6-4-16(27-18)28-7-1-3-13(11-28)30-8-2-5-26-30/h2,4-6,8-10,12-13H,1,3,7,11H2. The van der Waals surface area contributed by atoms with Crippen LogP contribution in [-0.2, 0) is 6.18 Å². The first-order valence-corrected chi connectivity index (χ1v) is 9.47. The second-order valence-electron chi connectivity index (χ2n) is 7.11. The topological polar surface area (TPSA) is 77.0 Å². The van der Waals surface area contributed by atoms with Crippen LogP contribution in [0.5, 0.6) is 0 Å². The van der Waals surface area contributed by atoms with Gasteiger partial charge in [-0.15, -0.1) is 0 Å². The molecule has 0 saturated carbocycles. The fourth-order valence-electron chi connectivity index (χ4n) is 3.73. The highest BCUT2D eigenvalue weighted by Crippen LogP contribution is 2.29. The maximum Gasteiger partial charge on any atom is 0.434 e. The van der Waals surface area contributed by atoms with Crippen molar-refractivity contribution in [2.24, 2.45) is 0 Å². The van der Waals surface area contributed by atoms with Crippen LogP contribution in [0.3, 0.4) is 0 Å². The number of hydrogen-bond acceptors (Lipinski definition) is 6. The van der Waals surface area contributed by atoms with Crippen LogP contribution < -0.4 is 4.90 Å². The Hall–Kier alpha value is -3.50. The summed E-state index contributed by atoms with van der Waals surface area (Å²) in [6, 6.07) is 3.95. The Kier molecular flexibility index (Phi) is 4.37. The van der Waals surface area contributed by atoms with Gasteiger partial charge in [0.2, 0.25) is 0 Å². The zero-order valence-electron chi connectivity index (χ0n) is 15.7. The molecule has 1 aliphatic rings. The van der Waals surface area contributed by atoms with E-state index in [-0.39, 0.29) is 6.04 Å². The molecule has 0 spiro atoms. The minimum atomic E-state index is -4.55. The van der Waals surface area contributed by atoms with Gasteiger partial charge in [-0.3, -0.25) is 9.08 Å². The van der Waals surface area contributed by atoms with E-state index in [1.165, 1.54) is 10.6 Å². The Bertz CT molecular complexity index is 1170. The molecule has 1 unspecified atom stereocenters. The Balaban J connectivity index is 1.48. The lowest BCUT2D eigenvalue weighted by Gasteiger charge is -2.33. The van der Waals surface area contributed by atoms with E-state index >= 15 is 0 Å². The van der Waals surface area contributed by atoms with Gasteiger partial charge in [0.15, 0.2) is 17.2 Å². The van der Waals surface area contributed by atoms with Crippen LogP contribution in [0.1, 0.15) is 24.6 Å². The van der Waals surface area contributed by atoms with Gasteiger partial charge in [-0.2, -0.15) is 18.3 Å². The van der Waals surface area contributed by atoms with Gasteiger partial charge in [-0.05, 0) is 25.0 Å². The SMILES string of the molecule is FC(F)(F)c1cn2c(-c3nccc(N4CCCC(n5cccn5)C4)n3)cnc2cn1. The van der Waals surface area contributed by atoms with Crippen LogP contribution >= 0.6 is 0 Å². The van der Waals surface area contributed by atoms with Gasteiger partial charge in [0.1, 0.15) is 11.5 Å². The number of hydrogen-bond donors (Lipinski definition) is 0. The molecule has 1 saturated heterocycles. The van der Waals surface area contributed by atoms with Crippen LogP contribution in [-0.4, -0.2) is 47.2 Å². The maximum absolute atomic E-state index is 13.1. The number of fused-ring (bicyclic) bond motifs is 1. The largest absolute Gasteiger partial charge is 0.434 e. The van der Waals surface area contributed by atoms with Crippen LogP contribution in [0.4, 0.5) is 19.0 Å². The summed E-state index contributed by atoms with van der Waals surface area (Å²) in [6.07, 6.45) is 6.25. The quantitative estimate of drug-likeness (QED) is 0.512. The summed E-state index contributed by atoms with van der Waals surface area (Å²) in [5.41, 5.74) is -0.326. The van der Waals surface area contributed by atoms with Crippen molar-refractivity contribution in [3.05, 3.63) is 55.0 Å². The molecular formula is C19H17F3N8. The highest BCUT2D eigenvalue weighted by molar-refractivity contribution is 5.58. The van der Waals surface area contributed by atoms with Crippen molar-refractivity contribution in [1.29, 1.82) is 0 Å². The molecule has 30 heavy (non-hydrogen) atoms.